The van der Waals surface area contributed by atoms with E-state index < -0.39 is 0 Å². The minimum Gasteiger partial charge on any atom is -0.397 e. The number of aryl methyl sites for hydroxylation is 1. The average Bonchev–Trinajstić information content (AvgIpc) is 3.16. The monoisotopic (exact) mass is 402 g/mol. The van der Waals surface area contributed by atoms with Crippen molar-refractivity contribution in [3.05, 3.63) is 78.4 Å². The first kappa shape index (κ1) is 19.3. The number of amides is 1. The molecule has 0 spiro atoms. The molecule has 0 fully saturated rings. The highest BCUT2D eigenvalue weighted by molar-refractivity contribution is 6.05. The van der Waals surface area contributed by atoms with E-state index in [0.717, 1.165) is 5.56 Å². The van der Waals surface area contributed by atoms with Crippen LogP contribution >= 0.6 is 0 Å². The first-order valence-electron chi connectivity index (χ1n) is 9.29. The number of aromatic nitrogens is 2. The number of para-hydroxylation sites is 2. The van der Waals surface area contributed by atoms with Gasteiger partial charge >= 0.3 is 0 Å². The van der Waals surface area contributed by atoms with E-state index in [4.69, 9.17) is 10.3 Å². The highest BCUT2D eigenvalue weighted by atomic mass is 19.1. The van der Waals surface area contributed by atoms with Crippen LogP contribution in [0.25, 0.3) is 22.4 Å². The zero-order chi connectivity index (χ0) is 21.3. The molecule has 0 radical (unpaired) electrons. The maximum absolute atomic E-state index is 13.8. The van der Waals surface area contributed by atoms with Crippen molar-refractivity contribution in [1.29, 1.82) is 0 Å². The summed E-state index contributed by atoms with van der Waals surface area (Å²) in [6.45, 7) is 3.10. The molecule has 1 amide bonds. The van der Waals surface area contributed by atoms with Crippen LogP contribution in [0.4, 0.5) is 21.6 Å². The molecule has 30 heavy (non-hydrogen) atoms. The zero-order valence-corrected chi connectivity index (χ0v) is 16.5. The molecule has 2 N–H and O–H groups in total. The van der Waals surface area contributed by atoms with E-state index >= 15 is 0 Å². The smallest absolute Gasteiger partial charge is 0.247 e. The minimum atomic E-state index is -0.310. The molecule has 2 heterocycles. The Bertz CT molecular complexity index is 1220. The maximum Gasteiger partial charge on any atom is 0.247 e. The fraction of sp³-hybridized carbons (Fsp3) is 0.0870. The molecular formula is C23H19FN4O2. The Balaban J connectivity index is 1.98. The largest absolute Gasteiger partial charge is 0.397 e. The van der Waals surface area contributed by atoms with Crippen LogP contribution < -0.4 is 10.6 Å². The van der Waals surface area contributed by atoms with Gasteiger partial charge in [-0.05, 0) is 60.5 Å². The standard InChI is InChI=1S/C23H19FN4O2/c1-14-13-17(7-8-18(14)24)22-21(16-9-11-26-12-10-16)23(30-27-22)28(15(2)29)20-6-4-3-5-19(20)25/h3-13H,25H2,1-2H3. The maximum atomic E-state index is 13.8. The lowest BCUT2D eigenvalue weighted by molar-refractivity contribution is -0.116. The molecule has 150 valence electrons. The van der Waals surface area contributed by atoms with Gasteiger partial charge in [0, 0.05) is 24.9 Å². The molecule has 0 bridgehead atoms. The third-order valence-corrected chi connectivity index (χ3v) is 4.77. The molecule has 0 unspecified atom stereocenters. The number of anilines is 3. The number of hydrogen-bond donors (Lipinski definition) is 1. The summed E-state index contributed by atoms with van der Waals surface area (Å²) in [7, 11) is 0. The van der Waals surface area contributed by atoms with Gasteiger partial charge in [0.25, 0.3) is 0 Å². The van der Waals surface area contributed by atoms with Gasteiger partial charge in [0.05, 0.1) is 16.9 Å². The number of benzene rings is 2. The van der Waals surface area contributed by atoms with Crippen LogP contribution in [0.15, 0.2) is 71.5 Å². The second-order valence-electron chi connectivity index (χ2n) is 6.82. The Kier molecular flexibility index (Phi) is 5.02. The third-order valence-electron chi connectivity index (χ3n) is 4.77. The van der Waals surface area contributed by atoms with Gasteiger partial charge in [0.15, 0.2) is 0 Å². The number of carbonyl (C=O) groups excluding carboxylic acids is 1. The van der Waals surface area contributed by atoms with E-state index in [1.165, 1.54) is 17.9 Å². The fourth-order valence-corrected chi connectivity index (χ4v) is 3.32. The summed E-state index contributed by atoms with van der Waals surface area (Å²) in [5.41, 5.74) is 10.0. The molecule has 4 aromatic rings. The van der Waals surface area contributed by atoms with Crippen molar-refractivity contribution in [2.24, 2.45) is 0 Å². The van der Waals surface area contributed by atoms with Crippen molar-refractivity contribution in [3.63, 3.8) is 0 Å². The summed E-state index contributed by atoms with van der Waals surface area (Å²) in [5, 5.41) is 4.24. The summed E-state index contributed by atoms with van der Waals surface area (Å²) in [5.74, 6) is -0.375. The van der Waals surface area contributed by atoms with Crippen LogP contribution in [0, 0.1) is 12.7 Å². The van der Waals surface area contributed by atoms with Gasteiger partial charge in [-0.3, -0.25) is 9.78 Å². The Morgan fingerprint density at radius 3 is 2.47 bits per heavy atom. The molecule has 0 saturated heterocycles. The number of carbonyl (C=O) groups is 1. The van der Waals surface area contributed by atoms with Gasteiger partial charge < -0.3 is 10.3 Å². The van der Waals surface area contributed by atoms with Crippen molar-refractivity contribution in [2.45, 2.75) is 13.8 Å². The number of pyridine rings is 1. The Hall–Kier alpha value is -4.00. The van der Waals surface area contributed by atoms with Gasteiger partial charge in [0.2, 0.25) is 11.8 Å². The normalized spacial score (nSPS) is 10.8. The zero-order valence-electron chi connectivity index (χ0n) is 16.5. The molecule has 0 aliphatic carbocycles. The molecule has 0 aliphatic heterocycles. The summed E-state index contributed by atoms with van der Waals surface area (Å²) < 4.78 is 19.5. The van der Waals surface area contributed by atoms with Gasteiger partial charge in [-0.1, -0.05) is 17.3 Å². The van der Waals surface area contributed by atoms with E-state index in [-0.39, 0.29) is 17.6 Å². The molecule has 7 heteroatoms. The first-order valence-corrected chi connectivity index (χ1v) is 9.29. The van der Waals surface area contributed by atoms with Crippen LogP contribution in [0.5, 0.6) is 0 Å². The van der Waals surface area contributed by atoms with Crippen LogP contribution in [-0.4, -0.2) is 16.0 Å². The molecule has 2 aromatic carbocycles. The predicted molar refractivity (Wildman–Crippen MR) is 114 cm³/mol. The highest BCUT2D eigenvalue weighted by Gasteiger charge is 2.28. The van der Waals surface area contributed by atoms with E-state index in [1.54, 1.807) is 67.8 Å². The third kappa shape index (κ3) is 3.41. The molecule has 0 aliphatic rings. The van der Waals surface area contributed by atoms with Crippen molar-refractivity contribution in [2.75, 3.05) is 10.6 Å². The van der Waals surface area contributed by atoms with Crippen molar-refractivity contribution in [3.8, 4) is 22.4 Å². The fourth-order valence-electron chi connectivity index (χ4n) is 3.32. The second kappa shape index (κ2) is 7.79. The first-order chi connectivity index (χ1) is 14.5. The van der Waals surface area contributed by atoms with Crippen molar-refractivity contribution in [1.82, 2.24) is 10.1 Å². The second-order valence-corrected chi connectivity index (χ2v) is 6.82. The summed E-state index contributed by atoms with van der Waals surface area (Å²) in [6.07, 6.45) is 3.28. The number of rotatable bonds is 4. The van der Waals surface area contributed by atoms with Crippen molar-refractivity contribution >= 4 is 23.2 Å². The molecule has 6 nitrogen and oxygen atoms in total. The van der Waals surface area contributed by atoms with Crippen LogP contribution in [-0.2, 0) is 4.79 Å². The highest BCUT2D eigenvalue weighted by Crippen LogP contribution is 2.43. The SMILES string of the molecule is CC(=O)N(c1ccccc1N)c1onc(-c2ccc(F)c(C)c2)c1-c1ccncc1. The molecular weight excluding hydrogens is 383 g/mol. The molecule has 4 rings (SSSR count). The molecule has 2 aromatic heterocycles. The van der Waals surface area contributed by atoms with Gasteiger partial charge in [-0.2, -0.15) is 0 Å². The van der Waals surface area contributed by atoms with E-state index in [9.17, 15) is 9.18 Å². The number of hydrogen-bond acceptors (Lipinski definition) is 5. The van der Waals surface area contributed by atoms with E-state index in [0.29, 0.717) is 33.8 Å². The summed E-state index contributed by atoms with van der Waals surface area (Å²) in [4.78, 5) is 18.1. The molecule has 0 saturated carbocycles. The topological polar surface area (TPSA) is 85.2 Å². The number of halogens is 1. The average molecular weight is 402 g/mol. The Labute approximate surface area is 172 Å². The molecule has 0 atom stereocenters. The summed E-state index contributed by atoms with van der Waals surface area (Å²) >= 11 is 0. The minimum absolute atomic E-state index is 0.226. The Morgan fingerprint density at radius 1 is 1.07 bits per heavy atom. The van der Waals surface area contributed by atoms with E-state index in [1.807, 2.05) is 0 Å². The number of nitrogens with two attached hydrogens (primary N) is 1. The number of nitrogens with zero attached hydrogens (tertiary/aromatic N) is 3. The quantitative estimate of drug-likeness (QED) is 0.479. The number of nitrogen functional groups attached to an aromatic ring is 1. The van der Waals surface area contributed by atoms with E-state index in [2.05, 4.69) is 10.1 Å². The van der Waals surface area contributed by atoms with Gasteiger partial charge in [-0.15, -0.1) is 0 Å². The lowest BCUT2D eigenvalue weighted by Crippen LogP contribution is -2.23. The van der Waals surface area contributed by atoms with Crippen LogP contribution in [0.3, 0.4) is 0 Å². The van der Waals surface area contributed by atoms with Crippen molar-refractivity contribution < 1.29 is 13.7 Å². The Morgan fingerprint density at radius 2 is 1.80 bits per heavy atom. The van der Waals surface area contributed by atoms with Gasteiger partial charge in [0.1, 0.15) is 11.5 Å². The lowest BCUT2D eigenvalue weighted by Gasteiger charge is -2.21. The van der Waals surface area contributed by atoms with Crippen LogP contribution in [0.1, 0.15) is 12.5 Å². The van der Waals surface area contributed by atoms with Crippen LogP contribution in [0.2, 0.25) is 0 Å². The van der Waals surface area contributed by atoms with Gasteiger partial charge in [-0.25, -0.2) is 9.29 Å². The summed E-state index contributed by atoms with van der Waals surface area (Å²) in [6, 6.07) is 15.3. The predicted octanol–water partition coefficient (Wildman–Crippen LogP) is 5.12. The lowest BCUT2D eigenvalue weighted by atomic mass is 10.00.